The Morgan fingerprint density at radius 2 is 2.00 bits per heavy atom. The maximum Gasteiger partial charge on any atom is 0.235 e. The molecule has 2 aromatic heterocycles. The maximum absolute atomic E-state index is 12.1. The Morgan fingerprint density at radius 3 is 2.76 bits per heavy atom. The number of rotatable bonds is 4. The van der Waals surface area contributed by atoms with E-state index in [1.54, 1.807) is 0 Å². The van der Waals surface area contributed by atoms with Gasteiger partial charge in [-0.3, -0.25) is 4.79 Å². The molecule has 2 heterocycles. The summed E-state index contributed by atoms with van der Waals surface area (Å²) >= 11 is 13.2. The van der Waals surface area contributed by atoms with Gasteiger partial charge < -0.3 is 5.32 Å². The standard InChI is InChI=1S/C18H15Cl2N3OS/c1-10-4-3-5-13-11(2)6-16(23-17(10)13)25-9-15(24)22-18-14(20)7-12(19)8-21-18/h3-8H,9H2,1-2H3,(H,21,22,24). The van der Waals surface area contributed by atoms with Crippen LogP contribution in [0.15, 0.2) is 41.6 Å². The number of carbonyl (C=O) groups is 1. The molecule has 0 fully saturated rings. The predicted molar refractivity (Wildman–Crippen MR) is 105 cm³/mol. The number of anilines is 1. The van der Waals surface area contributed by atoms with Crippen molar-refractivity contribution in [3.63, 3.8) is 0 Å². The summed E-state index contributed by atoms with van der Waals surface area (Å²) in [7, 11) is 0. The van der Waals surface area contributed by atoms with Gasteiger partial charge in [-0.25, -0.2) is 9.97 Å². The zero-order chi connectivity index (χ0) is 18.0. The Kier molecular flexibility index (Phi) is 5.47. The number of aryl methyl sites for hydroxylation is 2. The first-order valence-corrected chi connectivity index (χ1v) is 9.29. The molecule has 0 saturated heterocycles. The number of nitrogens with one attached hydrogen (secondary N) is 1. The van der Waals surface area contributed by atoms with Crippen molar-refractivity contribution in [3.8, 4) is 0 Å². The van der Waals surface area contributed by atoms with E-state index in [0.717, 1.165) is 27.1 Å². The molecule has 25 heavy (non-hydrogen) atoms. The molecule has 3 rings (SSSR count). The molecule has 1 amide bonds. The minimum atomic E-state index is -0.203. The van der Waals surface area contributed by atoms with Crippen molar-refractivity contribution < 1.29 is 4.79 Å². The van der Waals surface area contributed by atoms with Gasteiger partial charge in [-0.15, -0.1) is 0 Å². The first-order chi connectivity index (χ1) is 11.9. The molecule has 0 unspecified atom stereocenters. The van der Waals surface area contributed by atoms with Crippen LogP contribution in [0, 0.1) is 13.8 Å². The maximum atomic E-state index is 12.1. The lowest BCUT2D eigenvalue weighted by atomic mass is 10.1. The molecule has 0 aliphatic rings. The fourth-order valence-corrected chi connectivity index (χ4v) is 3.61. The molecular formula is C18H15Cl2N3OS. The van der Waals surface area contributed by atoms with Gasteiger partial charge in [-0.1, -0.05) is 53.2 Å². The molecule has 0 saturated carbocycles. The van der Waals surface area contributed by atoms with Gasteiger partial charge in [0.25, 0.3) is 0 Å². The number of fused-ring (bicyclic) bond motifs is 1. The number of aromatic nitrogens is 2. The van der Waals surface area contributed by atoms with Gasteiger partial charge in [0.05, 0.1) is 26.3 Å². The SMILES string of the molecule is Cc1cc(SCC(=O)Nc2ncc(Cl)cc2Cl)nc2c(C)cccc12. The average Bonchev–Trinajstić information content (AvgIpc) is 2.57. The van der Waals surface area contributed by atoms with E-state index in [1.807, 2.05) is 32.0 Å². The zero-order valence-electron chi connectivity index (χ0n) is 13.6. The van der Waals surface area contributed by atoms with Gasteiger partial charge >= 0.3 is 0 Å². The van der Waals surface area contributed by atoms with Crippen molar-refractivity contribution in [3.05, 3.63) is 57.7 Å². The highest BCUT2D eigenvalue weighted by molar-refractivity contribution is 7.99. The molecule has 0 radical (unpaired) electrons. The van der Waals surface area contributed by atoms with Crippen LogP contribution >= 0.6 is 35.0 Å². The number of pyridine rings is 2. The van der Waals surface area contributed by atoms with Crippen molar-refractivity contribution in [1.29, 1.82) is 0 Å². The number of benzene rings is 1. The summed E-state index contributed by atoms with van der Waals surface area (Å²) in [5, 5.41) is 5.35. The lowest BCUT2D eigenvalue weighted by molar-refractivity contribution is -0.113. The summed E-state index contributed by atoms with van der Waals surface area (Å²) in [6, 6.07) is 9.64. The highest BCUT2D eigenvalue weighted by atomic mass is 35.5. The lowest BCUT2D eigenvalue weighted by Crippen LogP contribution is -2.15. The van der Waals surface area contributed by atoms with E-state index < -0.39 is 0 Å². The van der Waals surface area contributed by atoms with Crippen LogP contribution in [0.25, 0.3) is 10.9 Å². The molecule has 4 nitrogen and oxygen atoms in total. The number of halogens is 2. The monoisotopic (exact) mass is 391 g/mol. The van der Waals surface area contributed by atoms with Gasteiger partial charge in [-0.2, -0.15) is 0 Å². The van der Waals surface area contributed by atoms with Crippen molar-refractivity contribution in [2.75, 3.05) is 11.1 Å². The van der Waals surface area contributed by atoms with Crippen LogP contribution in [-0.4, -0.2) is 21.6 Å². The van der Waals surface area contributed by atoms with E-state index in [0.29, 0.717) is 15.9 Å². The highest BCUT2D eigenvalue weighted by Crippen LogP contribution is 2.26. The number of nitrogens with zero attached hydrogens (tertiary/aromatic N) is 2. The van der Waals surface area contributed by atoms with Gasteiger partial charge in [0.2, 0.25) is 5.91 Å². The third kappa shape index (κ3) is 4.24. The van der Waals surface area contributed by atoms with Crippen LogP contribution in [-0.2, 0) is 4.79 Å². The molecule has 0 spiro atoms. The number of thioether (sulfide) groups is 1. The zero-order valence-corrected chi connectivity index (χ0v) is 16.0. The highest BCUT2D eigenvalue weighted by Gasteiger charge is 2.10. The van der Waals surface area contributed by atoms with E-state index in [2.05, 4.69) is 21.4 Å². The lowest BCUT2D eigenvalue weighted by Gasteiger charge is -2.09. The van der Waals surface area contributed by atoms with E-state index in [4.69, 9.17) is 23.2 Å². The first-order valence-electron chi connectivity index (χ1n) is 7.54. The second kappa shape index (κ2) is 7.60. The molecule has 7 heteroatoms. The topological polar surface area (TPSA) is 54.9 Å². The summed E-state index contributed by atoms with van der Waals surface area (Å²) in [4.78, 5) is 20.8. The van der Waals surface area contributed by atoms with Crippen LogP contribution in [0.5, 0.6) is 0 Å². The molecule has 128 valence electrons. The van der Waals surface area contributed by atoms with Crippen LogP contribution < -0.4 is 5.32 Å². The Hall–Kier alpha value is -1.82. The third-order valence-electron chi connectivity index (χ3n) is 3.64. The number of para-hydroxylation sites is 1. The van der Waals surface area contributed by atoms with Crippen LogP contribution in [0.4, 0.5) is 5.82 Å². The summed E-state index contributed by atoms with van der Waals surface area (Å²) in [5.74, 6) is 0.311. The Bertz CT molecular complexity index is 962. The molecule has 0 atom stereocenters. The molecule has 3 aromatic rings. The van der Waals surface area contributed by atoms with Crippen LogP contribution in [0.3, 0.4) is 0 Å². The number of hydrogen-bond donors (Lipinski definition) is 1. The summed E-state index contributed by atoms with van der Waals surface area (Å²) < 4.78 is 0. The number of carbonyl (C=O) groups excluding carboxylic acids is 1. The third-order valence-corrected chi connectivity index (χ3v) is 5.05. The van der Waals surface area contributed by atoms with E-state index in [9.17, 15) is 4.79 Å². The van der Waals surface area contributed by atoms with Crippen molar-refractivity contribution in [1.82, 2.24) is 9.97 Å². The van der Waals surface area contributed by atoms with Crippen molar-refractivity contribution in [2.45, 2.75) is 18.9 Å². The van der Waals surface area contributed by atoms with E-state index >= 15 is 0 Å². The van der Waals surface area contributed by atoms with Gasteiger partial charge in [0, 0.05) is 11.6 Å². The van der Waals surface area contributed by atoms with Crippen molar-refractivity contribution >= 4 is 57.6 Å². The first kappa shape index (κ1) is 18.0. The number of hydrogen-bond acceptors (Lipinski definition) is 4. The van der Waals surface area contributed by atoms with E-state index in [1.165, 1.54) is 24.0 Å². The van der Waals surface area contributed by atoms with Crippen LogP contribution in [0.2, 0.25) is 10.0 Å². The minimum absolute atomic E-state index is 0.203. The predicted octanol–water partition coefficient (Wildman–Crippen LogP) is 5.28. The van der Waals surface area contributed by atoms with Crippen molar-refractivity contribution in [2.24, 2.45) is 0 Å². The van der Waals surface area contributed by atoms with Gasteiger partial charge in [0.15, 0.2) is 5.82 Å². The fraction of sp³-hybridized carbons (Fsp3) is 0.167. The number of amides is 1. The molecule has 0 bridgehead atoms. The smallest absolute Gasteiger partial charge is 0.235 e. The van der Waals surface area contributed by atoms with Gasteiger partial charge in [0.1, 0.15) is 0 Å². The second-order valence-corrected chi connectivity index (χ2v) is 7.41. The molecule has 1 N–H and O–H groups in total. The largest absolute Gasteiger partial charge is 0.309 e. The summed E-state index contributed by atoms with van der Waals surface area (Å²) in [6.07, 6.45) is 1.44. The van der Waals surface area contributed by atoms with Gasteiger partial charge in [-0.05, 0) is 37.1 Å². The molecule has 0 aliphatic heterocycles. The Labute approximate surface area is 160 Å². The second-order valence-electron chi connectivity index (χ2n) is 5.57. The fourth-order valence-electron chi connectivity index (χ4n) is 2.42. The van der Waals surface area contributed by atoms with E-state index in [-0.39, 0.29) is 11.7 Å². The van der Waals surface area contributed by atoms with Crippen LogP contribution in [0.1, 0.15) is 11.1 Å². The molecular weight excluding hydrogens is 377 g/mol. The summed E-state index contributed by atoms with van der Waals surface area (Å²) in [6.45, 7) is 4.08. The molecule has 1 aromatic carbocycles. The summed E-state index contributed by atoms with van der Waals surface area (Å²) in [5.41, 5.74) is 3.22. The minimum Gasteiger partial charge on any atom is -0.309 e. The quantitative estimate of drug-likeness (QED) is 0.614. The average molecular weight is 392 g/mol. The molecule has 0 aliphatic carbocycles. The Balaban J connectivity index is 1.72. The Morgan fingerprint density at radius 1 is 1.20 bits per heavy atom. The normalized spacial score (nSPS) is 10.9.